The average molecular weight is 361 g/mol. The van der Waals surface area contributed by atoms with E-state index >= 15 is 0 Å². The maximum atomic E-state index is 12.4. The van der Waals surface area contributed by atoms with Gasteiger partial charge in [-0.3, -0.25) is 19.7 Å². The lowest BCUT2D eigenvalue weighted by Crippen LogP contribution is -2.50. The number of hydrogen-bond donors (Lipinski definition) is 3. The molecule has 0 bridgehead atoms. The molecular weight excluding hydrogens is 338 g/mol. The summed E-state index contributed by atoms with van der Waals surface area (Å²) in [7, 11) is 0. The molecule has 1 atom stereocenters. The van der Waals surface area contributed by atoms with Crippen LogP contribution in [0.4, 0.5) is 4.79 Å². The third-order valence-corrected chi connectivity index (χ3v) is 4.39. The van der Waals surface area contributed by atoms with Gasteiger partial charge in [-0.05, 0) is 32.3 Å². The molecule has 1 aliphatic heterocycles. The molecule has 1 aromatic carbocycles. The lowest BCUT2D eigenvalue weighted by atomic mass is 10.0. The topological polar surface area (TPSA) is 116 Å². The third kappa shape index (κ3) is 4.81. The number of carboxylic acid groups (broad SMARTS) is 1. The van der Waals surface area contributed by atoms with Crippen molar-refractivity contribution < 1.29 is 24.3 Å². The molecule has 2 rings (SSSR count). The zero-order chi connectivity index (χ0) is 19.3. The van der Waals surface area contributed by atoms with Crippen LogP contribution in [0.25, 0.3) is 0 Å². The minimum Gasteiger partial charge on any atom is -0.481 e. The van der Waals surface area contributed by atoms with E-state index in [1.807, 2.05) is 30.3 Å². The van der Waals surface area contributed by atoms with E-state index in [2.05, 4.69) is 10.6 Å². The van der Waals surface area contributed by atoms with Gasteiger partial charge in [0.25, 0.3) is 5.91 Å². The minimum absolute atomic E-state index is 0.0774. The Kier molecular flexibility index (Phi) is 5.97. The van der Waals surface area contributed by atoms with Gasteiger partial charge in [-0.15, -0.1) is 0 Å². The number of amides is 4. The van der Waals surface area contributed by atoms with E-state index in [0.29, 0.717) is 6.42 Å². The molecule has 1 fully saturated rings. The Morgan fingerprint density at radius 3 is 2.42 bits per heavy atom. The van der Waals surface area contributed by atoms with Crippen molar-refractivity contribution in [2.24, 2.45) is 0 Å². The summed E-state index contributed by atoms with van der Waals surface area (Å²) in [4.78, 5) is 48.1. The molecule has 8 nitrogen and oxygen atoms in total. The fourth-order valence-electron chi connectivity index (χ4n) is 2.80. The van der Waals surface area contributed by atoms with Crippen molar-refractivity contribution in [3.8, 4) is 0 Å². The summed E-state index contributed by atoms with van der Waals surface area (Å²) in [6, 6.07) is 8.41. The molecule has 1 saturated heterocycles. The van der Waals surface area contributed by atoms with Crippen LogP contribution in [-0.4, -0.2) is 51.9 Å². The largest absolute Gasteiger partial charge is 0.481 e. The summed E-state index contributed by atoms with van der Waals surface area (Å²) in [5, 5.41) is 13.9. The maximum absolute atomic E-state index is 12.4. The molecule has 26 heavy (non-hydrogen) atoms. The van der Waals surface area contributed by atoms with Crippen LogP contribution in [0, 0.1) is 0 Å². The number of nitrogens with one attached hydrogen (secondary N) is 2. The Balaban J connectivity index is 2.02. The van der Waals surface area contributed by atoms with E-state index in [-0.39, 0.29) is 25.4 Å². The predicted molar refractivity (Wildman–Crippen MR) is 93.3 cm³/mol. The number of nitrogens with zero attached hydrogens (tertiary/aromatic N) is 1. The first-order chi connectivity index (χ1) is 12.2. The summed E-state index contributed by atoms with van der Waals surface area (Å²) in [5.41, 5.74) is -0.137. The van der Waals surface area contributed by atoms with E-state index < -0.39 is 29.4 Å². The van der Waals surface area contributed by atoms with Gasteiger partial charge in [-0.1, -0.05) is 30.3 Å². The first kappa shape index (κ1) is 19.4. The highest BCUT2D eigenvalue weighted by atomic mass is 16.4. The first-order valence-corrected chi connectivity index (χ1v) is 8.38. The van der Waals surface area contributed by atoms with Crippen LogP contribution in [0.3, 0.4) is 0 Å². The molecule has 0 aromatic heterocycles. The highest BCUT2D eigenvalue weighted by Gasteiger charge is 2.46. The number of urea groups is 1. The average Bonchev–Trinajstić information content (AvgIpc) is 2.75. The smallest absolute Gasteiger partial charge is 0.325 e. The number of imide groups is 1. The van der Waals surface area contributed by atoms with Crippen LogP contribution < -0.4 is 10.6 Å². The molecule has 3 N–H and O–H groups in total. The molecule has 0 radical (unpaired) electrons. The van der Waals surface area contributed by atoms with Crippen molar-refractivity contribution in [1.29, 1.82) is 0 Å². The number of rotatable bonds is 8. The monoisotopic (exact) mass is 361 g/mol. The van der Waals surface area contributed by atoms with Crippen LogP contribution in [0.2, 0.25) is 0 Å². The van der Waals surface area contributed by atoms with Gasteiger partial charge in [0.2, 0.25) is 5.91 Å². The summed E-state index contributed by atoms with van der Waals surface area (Å²) in [6.45, 7) is 2.85. The van der Waals surface area contributed by atoms with Gasteiger partial charge in [0.15, 0.2) is 0 Å². The fraction of sp³-hybridized carbons (Fsp3) is 0.444. The maximum Gasteiger partial charge on any atom is 0.325 e. The van der Waals surface area contributed by atoms with Crippen molar-refractivity contribution >= 4 is 23.8 Å². The Hall–Kier alpha value is -2.90. The van der Waals surface area contributed by atoms with Gasteiger partial charge in [-0.25, -0.2) is 4.79 Å². The van der Waals surface area contributed by atoms with E-state index in [9.17, 15) is 19.2 Å². The third-order valence-electron chi connectivity index (χ3n) is 4.39. The summed E-state index contributed by atoms with van der Waals surface area (Å²) in [5.74, 6) is -1.83. The molecule has 1 heterocycles. The van der Waals surface area contributed by atoms with E-state index in [1.165, 1.54) is 4.90 Å². The lowest BCUT2D eigenvalue weighted by molar-refractivity contribution is -0.137. The number of hydrogen-bond acceptors (Lipinski definition) is 4. The van der Waals surface area contributed by atoms with Crippen molar-refractivity contribution in [3.05, 3.63) is 35.9 Å². The number of carboxylic acids is 1. The summed E-state index contributed by atoms with van der Waals surface area (Å²) < 4.78 is 0. The Labute approximate surface area is 151 Å². The normalized spacial score (nSPS) is 16.9. The minimum atomic E-state index is -1.11. The van der Waals surface area contributed by atoms with Crippen LogP contribution in [-0.2, 0) is 20.8 Å². The second-order valence-corrected chi connectivity index (χ2v) is 6.79. The molecule has 1 aliphatic rings. The van der Waals surface area contributed by atoms with E-state index in [4.69, 9.17) is 5.11 Å². The van der Waals surface area contributed by atoms with Crippen LogP contribution in [0.15, 0.2) is 30.3 Å². The molecule has 0 aliphatic carbocycles. The van der Waals surface area contributed by atoms with Gasteiger partial charge in [0.05, 0.1) is 0 Å². The zero-order valence-corrected chi connectivity index (χ0v) is 14.8. The summed E-state index contributed by atoms with van der Waals surface area (Å²) >= 11 is 0. The van der Waals surface area contributed by atoms with Crippen molar-refractivity contribution in [1.82, 2.24) is 15.5 Å². The van der Waals surface area contributed by atoms with Gasteiger partial charge in [0.1, 0.15) is 12.1 Å². The molecule has 0 spiro atoms. The van der Waals surface area contributed by atoms with Crippen LogP contribution in [0.5, 0.6) is 0 Å². The van der Waals surface area contributed by atoms with Crippen LogP contribution >= 0.6 is 0 Å². The molecule has 8 heteroatoms. The van der Waals surface area contributed by atoms with Gasteiger partial charge >= 0.3 is 12.0 Å². The second kappa shape index (κ2) is 7.99. The quantitative estimate of drug-likeness (QED) is 0.595. The highest BCUT2D eigenvalue weighted by Crippen LogP contribution is 2.20. The molecular formula is C18H23N3O5. The number of benzene rings is 1. The number of carbonyl (C=O) groups excluding carboxylic acids is 3. The second-order valence-electron chi connectivity index (χ2n) is 6.79. The number of aliphatic carboxylic acids is 1. The van der Waals surface area contributed by atoms with Gasteiger partial charge < -0.3 is 15.3 Å². The molecule has 1 unspecified atom stereocenters. The Bertz CT molecular complexity index is 702. The first-order valence-electron chi connectivity index (χ1n) is 8.38. The Morgan fingerprint density at radius 1 is 1.23 bits per heavy atom. The predicted octanol–water partition coefficient (Wildman–Crippen LogP) is 0.909. The molecule has 140 valence electrons. The number of carbonyl (C=O) groups is 4. The lowest BCUT2D eigenvalue weighted by Gasteiger charge is -2.28. The van der Waals surface area contributed by atoms with Crippen molar-refractivity contribution in [3.63, 3.8) is 0 Å². The standard InChI is InChI=1S/C18H23N3O5/c1-18(2)16(25)20-17(26)21(18)11-14(22)19-13(8-9-15(23)24)10-12-6-4-3-5-7-12/h3-7,13H,8-11H2,1-2H3,(H,19,22)(H,23,24)(H,20,25,26). The van der Waals surface area contributed by atoms with E-state index in [0.717, 1.165) is 5.56 Å². The highest BCUT2D eigenvalue weighted by molar-refractivity contribution is 6.07. The van der Waals surface area contributed by atoms with Crippen molar-refractivity contribution in [2.45, 2.75) is 44.7 Å². The fourth-order valence-corrected chi connectivity index (χ4v) is 2.80. The summed E-state index contributed by atoms with van der Waals surface area (Å²) in [6.07, 6.45) is 0.671. The van der Waals surface area contributed by atoms with E-state index in [1.54, 1.807) is 13.8 Å². The molecule has 0 saturated carbocycles. The molecule has 1 aromatic rings. The molecule has 4 amide bonds. The van der Waals surface area contributed by atoms with Crippen LogP contribution in [0.1, 0.15) is 32.3 Å². The van der Waals surface area contributed by atoms with Crippen molar-refractivity contribution in [2.75, 3.05) is 6.54 Å². The Morgan fingerprint density at radius 2 is 1.88 bits per heavy atom. The van der Waals surface area contributed by atoms with Gasteiger partial charge in [-0.2, -0.15) is 0 Å². The SMILES string of the molecule is CC1(C)C(=O)NC(=O)N1CC(=O)NC(CCC(=O)O)Cc1ccccc1. The zero-order valence-electron chi connectivity index (χ0n) is 14.8. The van der Waals surface area contributed by atoms with Gasteiger partial charge in [0, 0.05) is 12.5 Å².